The minimum Gasteiger partial charge on any atom is -0.497 e. The molecule has 10 heteroatoms. The molecule has 2 aromatic heterocycles. The second-order valence-electron chi connectivity index (χ2n) is 9.06. The maximum Gasteiger partial charge on any atom is 0.254 e. The number of amides is 3. The van der Waals surface area contributed by atoms with Crippen LogP contribution in [0.25, 0.3) is 11.1 Å². The number of hydrogen-bond donors (Lipinski definition) is 1. The van der Waals surface area contributed by atoms with E-state index in [-0.39, 0.29) is 30.4 Å². The number of carbonyl (C=O) groups excluding carboxylic acids is 4. The second kappa shape index (κ2) is 9.19. The van der Waals surface area contributed by atoms with Gasteiger partial charge in [-0.1, -0.05) is 6.07 Å². The molecule has 1 aromatic carbocycles. The molecule has 186 valence electrons. The van der Waals surface area contributed by atoms with Gasteiger partial charge in [0.15, 0.2) is 11.4 Å². The van der Waals surface area contributed by atoms with E-state index in [1.54, 1.807) is 31.4 Å². The lowest BCUT2D eigenvalue weighted by molar-refractivity contribution is -0.127. The number of hydrogen-bond acceptors (Lipinski definition) is 8. The van der Waals surface area contributed by atoms with Crippen LogP contribution in [0.4, 0.5) is 0 Å². The molecule has 0 aliphatic carbocycles. The van der Waals surface area contributed by atoms with Crippen LogP contribution >= 0.6 is 0 Å². The van der Waals surface area contributed by atoms with E-state index in [0.29, 0.717) is 54.0 Å². The Morgan fingerprint density at radius 1 is 1.19 bits per heavy atom. The number of aromatic nitrogens is 1. The smallest absolute Gasteiger partial charge is 0.254 e. The molecule has 0 unspecified atom stereocenters. The number of pyridine rings is 1. The van der Waals surface area contributed by atoms with Gasteiger partial charge in [-0.05, 0) is 30.2 Å². The predicted molar refractivity (Wildman–Crippen MR) is 127 cm³/mol. The summed E-state index contributed by atoms with van der Waals surface area (Å²) in [6.45, 7) is 0.715. The average Bonchev–Trinajstić information content (AvgIpc) is 3.52. The van der Waals surface area contributed by atoms with Gasteiger partial charge >= 0.3 is 0 Å². The fourth-order valence-corrected chi connectivity index (χ4v) is 4.80. The maximum atomic E-state index is 13.2. The van der Waals surface area contributed by atoms with Crippen molar-refractivity contribution in [2.45, 2.75) is 31.2 Å². The Morgan fingerprint density at radius 2 is 2.03 bits per heavy atom. The molecule has 1 N–H and O–H groups in total. The van der Waals surface area contributed by atoms with Crippen molar-refractivity contribution < 1.29 is 33.1 Å². The van der Waals surface area contributed by atoms with Gasteiger partial charge in [0.25, 0.3) is 5.91 Å². The first-order chi connectivity index (χ1) is 17.3. The summed E-state index contributed by atoms with van der Waals surface area (Å²) in [4.78, 5) is 57.0. The topological polar surface area (TPSA) is 128 Å². The van der Waals surface area contributed by atoms with Crippen LogP contribution in [0.15, 0.2) is 40.9 Å². The number of imide groups is 1. The molecule has 2 aliphatic heterocycles. The van der Waals surface area contributed by atoms with Crippen molar-refractivity contribution in [3.8, 4) is 5.75 Å². The van der Waals surface area contributed by atoms with E-state index in [0.717, 1.165) is 5.56 Å². The second-order valence-corrected chi connectivity index (χ2v) is 9.06. The monoisotopic (exact) mass is 491 g/mol. The number of Topliss-reactive ketones (excluding diaryl/α,β-unsaturated/α-hetero) is 1. The van der Waals surface area contributed by atoms with E-state index in [1.807, 2.05) is 6.07 Å². The van der Waals surface area contributed by atoms with Gasteiger partial charge in [0.2, 0.25) is 11.8 Å². The number of methoxy groups -OCH3 is 2. The molecule has 5 rings (SSSR count). The summed E-state index contributed by atoms with van der Waals surface area (Å²) < 4.78 is 16.3. The Kier molecular flexibility index (Phi) is 6.05. The number of carbonyl (C=O) groups is 4. The van der Waals surface area contributed by atoms with E-state index >= 15 is 0 Å². The number of furan rings is 1. The van der Waals surface area contributed by atoms with Crippen LogP contribution in [0.3, 0.4) is 0 Å². The summed E-state index contributed by atoms with van der Waals surface area (Å²) in [5.74, 6) is -0.563. The van der Waals surface area contributed by atoms with Crippen molar-refractivity contribution in [2.75, 3.05) is 27.4 Å². The van der Waals surface area contributed by atoms with Crippen LogP contribution in [-0.2, 0) is 26.3 Å². The highest BCUT2D eigenvalue weighted by Gasteiger charge is 2.53. The molecule has 1 atom stereocenters. The number of rotatable bonds is 9. The summed E-state index contributed by atoms with van der Waals surface area (Å²) in [6.07, 6.45) is 2.19. The normalized spacial score (nSPS) is 19.2. The first kappa shape index (κ1) is 23.7. The summed E-state index contributed by atoms with van der Waals surface area (Å²) >= 11 is 0. The largest absolute Gasteiger partial charge is 0.497 e. The van der Waals surface area contributed by atoms with Gasteiger partial charge in [-0.25, -0.2) is 0 Å². The molecule has 1 saturated heterocycles. The Balaban J connectivity index is 1.46. The molecular formula is C26H25N3O7. The Labute approximate surface area is 206 Å². The number of fused-ring (bicyclic) bond motifs is 2. The first-order valence-electron chi connectivity index (χ1n) is 11.6. The fraction of sp³-hybridized carbons (Fsp3) is 0.346. The predicted octanol–water partition coefficient (Wildman–Crippen LogP) is 2.39. The van der Waals surface area contributed by atoms with Crippen LogP contribution in [-0.4, -0.2) is 60.8 Å². The van der Waals surface area contributed by atoms with Crippen molar-refractivity contribution in [2.24, 2.45) is 0 Å². The number of ether oxygens (including phenoxy) is 2. The third kappa shape index (κ3) is 4.03. The highest BCUT2D eigenvalue weighted by Crippen LogP contribution is 2.39. The molecular weight excluding hydrogens is 466 g/mol. The SMILES string of the molecule is COCCCC(=O)c1cnc2cc([C@]3(CN4Cc5ccc(OC)cc5C4=O)CC(=O)NC3=O)oc2c1. The zero-order chi connectivity index (χ0) is 25.4. The Hall–Kier alpha value is -4.05. The van der Waals surface area contributed by atoms with Gasteiger partial charge in [0.05, 0.1) is 13.5 Å². The summed E-state index contributed by atoms with van der Waals surface area (Å²) in [5.41, 5.74) is 1.06. The van der Waals surface area contributed by atoms with E-state index in [1.165, 1.54) is 18.2 Å². The minimum absolute atomic E-state index is 0.0526. The molecule has 0 bridgehead atoms. The average molecular weight is 492 g/mol. The molecule has 4 heterocycles. The summed E-state index contributed by atoms with van der Waals surface area (Å²) in [6, 6.07) is 8.45. The van der Waals surface area contributed by atoms with E-state index in [9.17, 15) is 19.2 Å². The number of benzene rings is 1. The molecule has 0 radical (unpaired) electrons. The van der Waals surface area contributed by atoms with E-state index < -0.39 is 17.2 Å². The molecule has 10 nitrogen and oxygen atoms in total. The highest BCUT2D eigenvalue weighted by atomic mass is 16.5. The quantitative estimate of drug-likeness (QED) is 0.275. The molecule has 3 aromatic rings. The van der Waals surface area contributed by atoms with Crippen LogP contribution in [0.5, 0.6) is 5.75 Å². The molecule has 0 spiro atoms. The number of nitrogens with one attached hydrogen (secondary N) is 1. The van der Waals surface area contributed by atoms with Gasteiger partial charge in [-0.2, -0.15) is 0 Å². The van der Waals surface area contributed by atoms with Gasteiger partial charge in [0, 0.05) is 56.6 Å². The van der Waals surface area contributed by atoms with Gasteiger partial charge in [-0.3, -0.25) is 29.5 Å². The van der Waals surface area contributed by atoms with E-state index in [4.69, 9.17) is 13.9 Å². The lowest BCUT2D eigenvalue weighted by atomic mass is 9.82. The zero-order valence-electron chi connectivity index (χ0n) is 20.0. The van der Waals surface area contributed by atoms with Crippen LogP contribution < -0.4 is 10.1 Å². The zero-order valence-corrected chi connectivity index (χ0v) is 20.0. The maximum absolute atomic E-state index is 13.2. The first-order valence-corrected chi connectivity index (χ1v) is 11.6. The Morgan fingerprint density at radius 3 is 2.75 bits per heavy atom. The van der Waals surface area contributed by atoms with Gasteiger partial charge in [-0.15, -0.1) is 0 Å². The van der Waals surface area contributed by atoms with Crippen molar-refractivity contribution in [3.63, 3.8) is 0 Å². The summed E-state index contributed by atoms with van der Waals surface area (Å²) in [7, 11) is 3.10. The number of nitrogens with zero attached hydrogens (tertiary/aromatic N) is 2. The molecule has 3 amide bonds. The lowest BCUT2D eigenvalue weighted by Gasteiger charge is -2.28. The third-order valence-corrected chi connectivity index (χ3v) is 6.72. The molecule has 0 saturated carbocycles. The van der Waals surface area contributed by atoms with E-state index in [2.05, 4.69) is 10.3 Å². The van der Waals surface area contributed by atoms with Gasteiger partial charge in [0.1, 0.15) is 22.4 Å². The van der Waals surface area contributed by atoms with Crippen LogP contribution in [0.2, 0.25) is 0 Å². The standard InChI is InChI=1S/C26H25N3O7/c1-34-7-3-4-20(30)16-8-21-19(27-12-16)10-22(36-21)26(11-23(31)28-25(26)33)14-29-13-15-5-6-17(35-2)9-18(15)24(29)32/h5-6,8-10,12H,3-4,7,11,13-14H2,1-2H3,(H,28,31,33)/t26-/m1/s1. The van der Waals surface area contributed by atoms with Crippen molar-refractivity contribution in [3.05, 3.63) is 59.0 Å². The molecule has 1 fully saturated rings. The Bertz CT molecular complexity index is 1400. The van der Waals surface area contributed by atoms with Crippen LogP contribution in [0, 0.1) is 0 Å². The van der Waals surface area contributed by atoms with Crippen LogP contribution in [0.1, 0.15) is 51.3 Å². The fourth-order valence-electron chi connectivity index (χ4n) is 4.80. The number of ketones is 1. The highest BCUT2D eigenvalue weighted by molar-refractivity contribution is 6.10. The molecule has 2 aliphatic rings. The van der Waals surface area contributed by atoms with Crippen molar-refractivity contribution in [1.29, 1.82) is 0 Å². The lowest BCUT2D eigenvalue weighted by Crippen LogP contribution is -2.46. The molecule has 36 heavy (non-hydrogen) atoms. The van der Waals surface area contributed by atoms with Crippen molar-refractivity contribution in [1.82, 2.24) is 15.2 Å². The van der Waals surface area contributed by atoms with Gasteiger partial charge < -0.3 is 18.8 Å². The minimum atomic E-state index is -1.41. The van der Waals surface area contributed by atoms with Crippen molar-refractivity contribution >= 4 is 34.6 Å². The summed E-state index contributed by atoms with van der Waals surface area (Å²) in [5, 5.41) is 2.35. The third-order valence-electron chi connectivity index (χ3n) is 6.72.